The molecule has 1 rings (SSSR count). The molecule has 0 bridgehead atoms. The van der Waals surface area contributed by atoms with E-state index in [1.165, 1.54) is 6.42 Å². The summed E-state index contributed by atoms with van der Waals surface area (Å²) < 4.78 is 0. The van der Waals surface area contributed by atoms with Crippen LogP contribution in [0.3, 0.4) is 0 Å². The second-order valence-electron chi connectivity index (χ2n) is 2.94. The van der Waals surface area contributed by atoms with Crippen molar-refractivity contribution in [3.8, 4) is 0 Å². The standard InChI is InChI=1S/C10H13NS2/c1-2-3-6-11-9-7-8(12)4-5-10(9)13/h4-5,7,11H,2-3,6H2,1H3. The van der Waals surface area contributed by atoms with Crippen LogP contribution in [0.1, 0.15) is 19.8 Å². The Morgan fingerprint density at radius 2 is 2.08 bits per heavy atom. The van der Waals surface area contributed by atoms with Crippen LogP contribution in [-0.4, -0.2) is 16.3 Å². The number of allylic oxidation sites excluding steroid dienone is 3. The molecule has 0 saturated carbocycles. The van der Waals surface area contributed by atoms with Crippen LogP contribution in [0.15, 0.2) is 23.9 Å². The summed E-state index contributed by atoms with van der Waals surface area (Å²) >= 11 is 10.2. The summed E-state index contributed by atoms with van der Waals surface area (Å²) in [5.74, 6) is 0. The highest BCUT2D eigenvalue weighted by molar-refractivity contribution is 7.82. The van der Waals surface area contributed by atoms with E-state index in [0.29, 0.717) is 0 Å². The van der Waals surface area contributed by atoms with Gasteiger partial charge in [0.15, 0.2) is 0 Å². The fourth-order valence-electron chi connectivity index (χ4n) is 1.05. The lowest BCUT2D eigenvalue weighted by molar-refractivity contribution is 0.726. The lowest BCUT2D eigenvalue weighted by Gasteiger charge is -2.12. The lowest BCUT2D eigenvalue weighted by Crippen LogP contribution is -2.22. The van der Waals surface area contributed by atoms with Crippen LogP contribution >= 0.6 is 24.4 Å². The van der Waals surface area contributed by atoms with Crippen molar-refractivity contribution in [2.45, 2.75) is 19.8 Å². The molecule has 0 spiro atoms. The van der Waals surface area contributed by atoms with E-state index in [0.717, 1.165) is 28.4 Å². The summed E-state index contributed by atoms with van der Waals surface area (Å²) in [4.78, 5) is 1.69. The number of hydrogen-bond acceptors (Lipinski definition) is 3. The van der Waals surface area contributed by atoms with Crippen molar-refractivity contribution >= 4 is 34.2 Å². The zero-order chi connectivity index (χ0) is 9.68. The fraction of sp³-hybridized carbons (Fsp3) is 0.400. The van der Waals surface area contributed by atoms with Crippen LogP contribution in [0.2, 0.25) is 0 Å². The van der Waals surface area contributed by atoms with E-state index in [-0.39, 0.29) is 0 Å². The molecule has 0 unspecified atom stereocenters. The van der Waals surface area contributed by atoms with Gasteiger partial charge in [-0.25, -0.2) is 0 Å². The van der Waals surface area contributed by atoms with Crippen molar-refractivity contribution in [1.82, 2.24) is 5.32 Å². The largest absolute Gasteiger partial charge is 0.384 e. The van der Waals surface area contributed by atoms with Gasteiger partial charge in [-0.1, -0.05) is 37.8 Å². The summed E-state index contributed by atoms with van der Waals surface area (Å²) in [5, 5.41) is 3.28. The quantitative estimate of drug-likeness (QED) is 0.567. The van der Waals surface area contributed by atoms with Gasteiger partial charge in [0.05, 0.1) is 10.6 Å². The molecule has 0 amide bonds. The van der Waals surface area contributed by atoms with Crippen LogP contribution in [0, 0.1) is 0 Å². The molecule has 0 aromatic rings. The number of thiocarbonyl (C=S) groups is 2. The van der Waals surface area contributed by atoms with Gasteiger partial charge in [-0.3, -0.25) is 0 Å². The molecule has 1 aliphatic rings. The number of rotatable bonds is 4. The van der Waals surface area contributed by atoms with E-state index in [1.54, 1.807) is 0 Å². The van der Waals surface area contributed by atoms with Crippen molar-refractivity contribution in [2.24, 2.45) is 0 Å². The average molecular weight is 211 g/mol. The topological polar surface area (TPSA) is 12.0 Å². The number of hydrogen-bond donors (Lipinski definition) is 1. The maximum atomic E-state index is 5.15. The molecule has 0 heterocycles. The van der Waals surface area contributed by atoms with Crippen LogP contribution in [0.25, 0.3) is 0 Å². The molecule has 70 valence electrons. The van der Waals surface area contributed by atoms with Gasteiger partial charge < -0.3 is 5.32 Å². The van der Waals surface area contributed by atoms with E-state index in [9.17, 15) is 0 Å². The smallest absolute Gasteiger partial charge is 0.0609 e. The van der Waals surface area contributed by atoms with Crippen molar-refractivity contribution in [3.63, 3.8) is 0 Å². The monoisotopic (exact) mass is 211 g/mol. The van der Waals surface area contributed by atoms with E-state index in [4.69, 9.17) is 24.4 Å². The Kier molecular flexibility index (Phi) is 4.25. The SMILES string of the molecule is CCCCNC1=CC(=S)C=CC1=S. The normalized spacial score (nSPS) is 15.9. The van der Waals surface area contributed by atoms with Gasteiger partial charge in [0.25, 0.3) is 0 Å². The van der Waals surface area contributed by atoms with Crippen molar-refractivity contribution in [1.29, 1.82) is 0 Å². The van der Waals surface area contributed by atoms with Crippen LogP contribution in [0.5, 0.6) is 0 Å². The Bertz CT molecular complexity index is 277. The van der Waals surface area contributed by atoms with E-state index in [1.807, 2.05) is 18.2 Å². The van der Waals surface area contributed by atoms with Gasteiger partial charge in [-0.05, 0) is 24.6 Å². The molecule has 1 aliphatic carbocycles. The van der Waals surface area contributed by atoms with Crippen LogP contribution < -0.4 is 5.32 Å². The second-order valence-corrected chi connectivity index (χ2v) is 3.85. The van der Waals surface area contributed by atoms with Gasteiger partial charge in [-0.2, -0.15) is 0 Å². The Morgan fingerprint density at radius 3 is 2.77 bits per heavy atom. The molecule has 0 radical (unpaired) electrons. The van der Waals surface area contributed by atoms with E-state index < -0.39 is 0 Å². The van der Waals surface area contributed by atoms with Gasteiger partial charge in [0.1, 0.15) is 0 Å². The highest BCUT2D eigenvalue weighted by Crippen LogP contribution is 2.05. The first-order valence-corrected chi connectivity index (χ1v) is 5.27. The minimum atomic E-state index is 0.840. The summed E-state index contributed by atoms with van der Waals surface area (Å²) in [6, 6.07) is 0. The molecule has 0 saturated heterocycles. The summed E-state index contributed by atoms with van der Waals surface area (Å²) in [7, 11) is 0. The Labute approximate surface area is 89.9 Å². The summed E-state index contributed by atoms with van der Waals surface area (Å²) in [5.41, 5.74) is 0.996. The molecule has 0 atom stereocenters. The minimum Gasteiger partial charge on any atom is -0.384 e. The third-order valence-electron chi connectivity index (χ3n) is 1.80. The maximum absolute atomic E-state index is 5.15. The minimum absolute atomic E-state index is 0.840. The summed E-state index contributed by atoms with van der Waals surface area (Å²) in [6.07, 6.45) is 8.02. The first-order valence-electron chi connectivity index (χ1n) is 4.46. The highest BCUT2D eigenvalue weighted by Gasteiger charge is 2.06. The van der Waals surface area contributed by atoms with Crippen molar-refractivity contribution in [2.75, 3.05) is 6.54 Å². The third kappa shape index (κ3) is 3.36. The van der Waals surface area contributed by atoms with Gasteiger partial charge >= 0.3 is 0 Å². The van der Waals surface area contributed by atoms with Crippen LogP contribution in [-0.2, 0) is 0 Å². The van der Waals surface area contributed by atoms with Crippen molar-refractivity contribution < 1.29 is 0 Å². The molecular formula is C10H13NS2. The maximum Gasteiger partial charge on any atom is 0.0609 e. The zero-order valence-electron chi connectivity index (χ0n) is 7.67. The Hall–Kier alpha value is -0.540. The van der Waals surface area contributed by atoms with Gasteiger partial charge in [0.2, 0.25) is 0 Å². The Morgan fingerprint density at radius 1 is 1.31 bits per heavy atom. The first-order chi connectivity index (χ1) is 6.24. The van der Waals surface area contributed by atoms with Gasteiger partial charge in [-0.15, -0.1) is 0 Å². The molecular weight excluding hydrogens is 198 g/mol. The molecule has 0 fully saturated rings. The predicted octanol–water partition coefficient (Wildman–Crippen LogP) is 2.57. The van der Waals surface area contributed by atoms with Crippen molar-refractivity contribution in [3.05, 3.63) is 23.9 Å². The lowest BCUT2D eigenvalue weighted by atomic mass is 10.1. The van der Waals surface area contributed by atoms with Crippen LogP contribution in [0.4, 0.5) is 0 Å². The van der Waals surface area contributed by atoms with Gasteiger partial charge in [0, 0.05) is 11.4 Å². The average Bonchev–Trinajstić information content (AvgIpc) is 2.11. The fourth-order valence-corrected chi connectivity index (χ4v) is 1.43. The number of nitrogens with one attached hydrogen (secondary N) is 1. The Balaban J connectivity index is 2.48. The molecule has 13 heavy (non-hydrogen) atoms. The zero-order valence-corrected chi connectivity index (χ0v) is 9.30. The molecule has 1 nitrogen and oxygen atoms in total. The molecule has 0 aliphatic heterocycles. The number of unbranched alkanes of at least 4 members (excludes halogenated alkanes) is 1. The summed E-state index contributed by atoms with van der Waals surface area (Å²) in [6.45, 7) is 3.14. The molecule has 0 aromatic carbocycles. The molecule has 3 heteroatoms. The molecule has 1 N–H and O–H groups in total. The van der Waals surface area contributed by atoms with E-state index in [2.05, 4.69) is 12.2 Å². The predicted molar refractivity (Wildman–Crippen MR) is 65.3 cm³/mol. The highest BCUT2D eigenvalue weighted by atomic mass is 32.1. The van der Waals surface area contributed by atoms with E-state index >= 15 is 0 Å². The first kappa shape index (κ1) is 10.5. The molecule has 0 aromatic heterocycles. The second kappa shape index (κ2) is 5.25. The third-order valence-corrected chi connectivity index (χ3v) is 2.41.